The molecule has 4 atom stereocenters. The number of aliphatic hydroxyl groups is 1. The lowest BCUT2D eigenvalue weighted by atomic mass is 9.83. The highest BCUT2D eigenvalue weighted by atomic mass is 16.3. The van der Waals surface area contributed by atoms with Crippen molar-refractivity contribution in [3.05, 3.63) is 0 Å². The van der Waals surface area contributed by atoms with Crippen molar-refractivity contribution in [3.63, 3.8) is 0 Å². The maximum atomic E-state index is 10.4. The van der Waals surface area contributed by atoms with Gasteiger partial charge in [-0.1, -0.05) is 78.1 Å². The van der Waals surface area contributed by atoms with Crippen molar-refractivity contribution in [1.82, 2.24) is 0 Å². The van der Waals surface area contributed by atoms with E-state index in [1.807, 2.05) is 0 Å². The summed E-state index contributed by atoms with van der Waals surface area (Å²) in [5.74, 6) is 3.64. The van der Waals surface area contributed by atoms with Crippen molar-refractivity contribution < 1.29 is 5.11 Å². The van der Waals surface area contributed by atoms with E-state index in [0.29, 0.717) is 0 Å². The molecule has 2 fully saturated rings. The highest BCUT2D eigenvalue weighted by Crippen LogP contribution is 2.42. The Balaban J connectivity index is 1.61. The Labute approximate surface area is 145 Å². The number of hydrogen-bond acceptors (Lipinski definition) is 1. The molecule has 1 heteroatoms. The summed E-state index contributed by atoms with van der Waals surface area (Å²) in [5.41, 5.74) is 0. The Morgan fingerprint density at radius 1 is 0.870 bits per heavy atom. The Morgan fingerprint density at radius 3 is 2.39 bits per heavy atom. The van der Waals surface area contributed by atoms with Crippen molar-refractivity contribution in [3.8, 4) is 0 Å². The third kappa shape index (κ3) is 8.05. The molecule has 0 spiro atoms. The molecular weight excluding hydrogens is 280 g/mol. The molecule has 0 saturated heterocycles. The van der Waals surface area contributed by atoms with Crippen molar-refractivity contribution in [2.45, 2.75) is 116 Å². The average Bonchev–Trinajstić information content (AvgIpc) is 3.38. The predicted molar refractivity (Wildman–Crippen MR) is 101 cm³/mol. The van der Waals surface area contributed by atoms with Crippen LogP contribution in [0.15, 0.2) is 0 Å². The number of unbranched alkanes of at least 4 members (excludes halogenated alkanes) is 2. The molecule has 0 aliphatic heterocycles. The van der Waals surface area contributed by atoms with Crippen molar-refractivity contribution in [2.75, 3.05) is 0 Å². The first-order valence-electron chi connectivity index (χ1n) is 10.9. The van der Waals surface area contributed by atoms with E-state index in [-0.39, 0.29) is 6.10 Å². The fraction of sp³-hybridized carbons (Fsp3) is 1.00. The quantitative estimate of drug-likeness (QED) is 0.491. The lowest BCUT2D eigenvalue weighted by Gasteiger charge is -2.25. The average molecular weight is 323 g/mol. The lowest BCUT2D eigenvalue weighted by Crippen LogP contribution is -2.18. The Kier molecular flexibility index (Phi) is 9.01. The van der Waals surface area contributed by atoms with Crippen molar-refractivity contribution in [2.24, 2.45) is 23.7 Å². The van der Waals surface area contributed by atoms with Gasteiger partial charge in [0.15, 0.2) is 0 Å². The summed E-state index contributed by atoms with van der Waals surface area (Å²) in [4.78, 5) is 0. The topological polar surface area (TPSA) is 20.2 Å². The van der Waals surface area contributed by atoms with Gasteiger partial charge < -0.3 is 5.11 Å². The molecule has 0 aromatic rings. The highest BCUT2D eigenvalue weighted by Gasteiger charge is 2.32. The molecule has 1 nitrogen and oxygen atoms in total. The van der Waals surface area contributed by atoms with Gasteiger partial charge in [0.25, 0.3) is 0 Å². The van der Waals surface area contributed by atoms with E-state index >= 15 is 0 Å². The molecule has 0 bridgehead atoms. The standard InChI is InChI=1S/C22H42O/c1-3-18(2)9-5-4-6-10-19-11-7-8-12-21(20-14-15-20)17-22(23)16-13-19/h18-23H,3-17H2,1-2H3. The number of rotatable bonds is 8. The third-order valence-electron chi connectivity index (χ3n) is 6.72. The van der Waals surface area contributed by atoms with Crippen LogP contribution in [0.1, 0.15) is 110 Å². The summed E-state index contributed by atoms with van der Waals surface area (Å²) in [7, 11) is 0. The molecule has 2 saturated carbocycles. The van der Waals surface area contributed by atoms with E-state index in [1.165, 1.54) is 83.5 Å². The first-order chi connectivity index (χ1) is 11.2. The first-order valence-corrected chi connectivity index (χ1v) is 10.9. The van der Waals surface area contributed by atoms with Crippen LogP contribution in [0.3, 0.4) is 0 Å². The summed E-state index contributed by atoms with van der Waals surface area (Å²) in [6, 6.07) is 0. The van der Waals surface area contributed by atoms with Gasteiger partial charge in [0, 0.05) is 0 Å². The van der Waals surface area contributed by atoms with Gasteiger partial charge in [0.1, 0.15) is 0 Å². The van der Waals surface area contributed by atoms with Crippen LogP contribution in [-0.4, -0.2) is 11.2 Å². The zero-order valence-electron chi connectivity index (χ0n) is 15.9. The molecule has 0 amide bonds. The number of hydrogen-bond donors (Lipinski definition) is 1. The lowest BCUT2D eigenvalue weighted by molar-refractivity contribution is 0.110. The van der Waals surface area contributed by atoms with Gasteiger partial charge in [-0.15, -0.1) is 0 Å². The molecule has 2 aliphatic rings. The molecule has 0 heterocycles. The van der Waals surface area contributed by atoms with Crippen LogP contribution in [0.5, 0.6) is 0 Å². The van der Waals surface area contributed by atoms with Crippen LogP contribution in [-0.2, 0) is 0 Å². The van der Waals surface area contributed by atoms with Gasteiger partial charge >= 0.3 is 0 Å². The van der Waals surface area contributed by atoms with E-state index in [2.05, 4.69) is 13.8 Å². The fourth-order valence-electron chi connectivity index (χ4n) is 4.59. The van der Waals surface area contributed by atoms with Gasteiger partial charge in [0.05, 0.1) is 6.10 Å². The summed E-state index contributed by atoms with van der Waals surface area (Å²) in [5, 5.41) is 10.4. The van der Waals surface area contributed by atoms with Crippen LogP contribution in [0, 0.1) is 23.7 Å². The monoisotopic (exact) mass is 322 g/mol. The van der Waals surface area contributed by atoms with E-state index in [9.17, 15) is 5.11 Å². The minimum atomic E-state index is -0.00777. The van der Waals surface area contributed by atoms with Gasteiger partial charge in [-0.05, 0) is 55.8 Å². The van der Waals surface area contributed by atoms with E-state index in [1.54, 1.807) is 0 Å². The highest BCUT2D eigenvalue weighted by molar-refractivity contribution is 4.83. The van der Waals surface area contributed by atoms with E-state index < -0.39 is 0 Å². The summed E-state index contributed by atoms with van der Waals surface area (Å²) in [6.45, 7) is 4.70. The van der Waals surface area contributed by atoms with Crippen LogP contribution < -0.4 is 0 Å². The fourth-order valence-corrected chi connectivity index (χ4v) is 4.59. The second-order valence-corrected chi connectivity index (χ2v) is 8.87. The molecule has 0 radical (unpaired) electrons. The first kappa shape index (κ1) is 19.3. The van der Waals surface area contributed by atoms with E-state index in [0.717, 1.165) is 36.5 Å². The van der Waals surface area contributed by atoms with Crippen LogP contribution in [0.2, 0.25) is 0 Å². The van der Waals surface area contributed by atoms with Crippen LogP contribution in [0.25, 0.3) is 0 Å². The minimum Gasteiger partial charge on any atom is -0.393 e. The molecule has 2 rings (SSSR count). The molecule has 2 aliphatic carbocycles. The van der Waals surface area contributed by atoms with Crippen molar-refractivity contribution >= 4 is 0 Å². The normalized spacial score (nSPS) is 31.7. The van der Waals surface area contributed by atoms with Gasteiger partial charge in [-0.3, -0.25) is 0 Å². The van der Waals surface area contributed by atoms with Gasteiger partial charge in [-0.2, -0.15) is 0 Å². The minimum absolute atomic E-state index is 0.00777. The smallest absolute Gasteiger partial charge is 0.0543 e. The predicted octanol–water partition coefficient (Wildman–Crippen LogP) is 6.73. The maximum Gasteiger partial charge on any atom is 0.0543 e. The second-order valence-electron chi connectivity index (χ2n) is 8.87. The van der Waals surface area contributed by atoms with Crippen LogP contribution >= 0.6 is 0 Å². The number of aliphatic hydroxyl groups excluding tert-OH is 1. The maximum absolute atomic E-state index is 10.4. The third-order valence-corrected chi connectivity index (χ3v) is 6.72. The summed E-state index contributed by atoms with van der Waals surface area (Å²) < 4.78 is 0. The SMILES string of the molecule is CCC(C)CCCCCC1CCCCC(C2CC2)CC(O)CC1. The molecule has 4 unspecified atom stereocenters. The van der Waals surface area contributed by atoms with E-state index in [4.69, 9.17) is 0 Å². The second kappa shape index (κ2) is 10.7. The summed E-state index contributed by atoms with van der Waals surface area (Å²) in [6.07, 6.45) is 20.4. The Morgan fingerprint density at radius 2 is 1.65 bits per heavy atom. The Bertz CT molecular complexity index is 296. The van der Waals surface area contributed by atoms with Gasteiger partial charge in [-0.25, -0.2) is 0 Å². The molecule has 136 valence electrons. The van der Waals surface area contributed by atoms with Crippen LogP contribution in [0.4, 0.5) is 0 Å². The zero-order chi connectivity index (χ0) is 16.5. The molecule has 0 aromatic heterocycles. The molecular formula is C22H42O. The molecule has 0 aromatic carbocycles. The Hall–Kier alpha value is -0.0400. The van der Waals surface area contributed by atoms with Gasteiger partial charge in [0.2, 0.25) is 0 Å². The zero-order valence-corrected chi connectivity index (χ0v) is 15.9. The van der Waals surface area contributed by atoms with Crippen molar-refractivity contribution in [1.29, 1.82) is 0 Å². The molecule has 1 N–H and O–H groups in total. The largest absolute Gasteiger partial charge is 0.393 e. The molecule has 23 heavy (non-hydrogen) atoms. The summed E-state index contributed by atoms with van der Waals surface area (Å²) >= 11 is 0.